The monoisotopic (exact) mass is 328 g/mol. The molecule has 2 aromatic rings. The summed E-state index contributed by atoms with van der Waals surface area (Å²) in [6, 6.07) is 16.0. The summed E-state index contributed by atoms with van der Waals surface area (Å²) in [4.78, 5) is 2.52. The normalized spacial score (nSPS) is 12.4. The van der Waals surface area contributed by atoms with Crippen LogP contribution in [0, 0.1) is 0 Å². The van der Waals surface area contributed by atoms with E-state index in [0.29, 0.717) is 5.25 Å². The summed E-state index contributed by atoms with van der Waals surface area (Å²) in [5, 5.41) is 2.11. The van der Waals surface area contributed by atoms with Gasteiger partial charge in [0.05, 0.1) is 0 Å². The molecular weight excluding hydrogens is 315 g/mol. The van der Waals surface area contributed by atoms with Crippen molar-refractivity contribution in [3.05, 3.63) is 58.6 Å². The molecule has 0 saturated carbocycles. The molecule has 0 bridgehead atoms. The first kappa shape index (κ1) is 15.1. The molecule has 0 heterocycles. The molecule has 0 aliphatic rings. The highest BCUT2D eigenvalue weighted by Crippen LogP contribution is 2.29. The fraction of sp³-hybridized carbons (Fsp3) is 0.200. The van der Waals surface area contributed by atoms with Gasteiger partial charge in [-0.2, -0.15) is 0 Å². The Morgan fingerprint density at radius 1 is 0.842 bits per heavy atom. The molecule has 1 atom stereocenters. The van der Waals surface area contributed by atoms with Gasteiger partial charge in [-0.3, -0.25) is 0 Å². The molecular formula is C15H14Cl2S2. The van der Waals surface area contributed by atoms with Crippen molar-refractivity contribution in [2.45, 2.75) is 22.0 Å². The van der Waals surface area contributed by atoms with Crippen molar-refractivity contribution in [2.75, 3.05) is 5.75 Å². The third-order valence-corrected chi connectivity index (χ3v) is 5.55. The van der Waals surface area contributed by atoms with Gasteiger partial charge < -0.3 is 0 Å². The van der Waals surface area contributed by atoms with Gasteiger partial charge in [0.2, 0.25) is 0 Å². The smallest absolute Gasteiger partial charge is 0.0406 e. The van der Waals surface area contributed by atoms with Crippen molar-refractivity contribution in [3.8, 4) is 0 Å². The molecule has 4 heteroatoms. The summed E-state index contributed by atoms with van der Waals surface area (Å²) >= 11 is 15.5. The van der Waals surface area contributed by atoms with E-state index in [1.165, 1.54) is 9.79 Å². The van der Waals surface area contributed by atoms with Gasteiger partial charge in [0.15, 0.2) is 0 Å². The van der Waals surface area contributed by atoms with Crippen LogP contribution in [0.4, 0.5) is 0 Å². The molecule has 1 unspecified atom stereocenters. The minimum absolute atomic E-state index is 0.543. The van der Waals surface area contributed by atoms with Gasteiger partial charge in [-0.15, -0.1) is 23.5 Å². The van der Waals surface area contributed by atoms with Crippen LogP contribution < -0.4 is 0 Å². The van der Waals surface area contributed by atoms with Crippen LogP contribution in [-0.2, 0) is 0 Å². The Morgan fingerprint density at radius 3 is 1.84 bits per heavy atom. The zero-order chi connectivity index (χ0) is 13.7. The maximum Gasteiger partial charge on any atom is 0.0406 e. The van der Waals surface area contributed by atoms with Crippen molar-refractivity contribution in [3.63, 3.8) is 0 Å². The highest BCUT2D eigenvalue weighted by molar-refractivity contribution is 8.03. The molecule has 0 N–H and O–H groups in total. The van der Waals surface area contributed by atoms with Crippen LogP contribution in [0.15, 0.2) is 58.3 Å². The average molecular weight is 329 g/mol. The Balaban J connectivity index is 1.82. The van der Waals surface area contributed by atoms with Gasteiger partial charge in [0.1, 0.15) is 0 Å². The lowest BCUT2D eigenvalue weighted by atomic mass is 10.4. The first-order valence-electron chi connectivity index (χ1n) is 5.94. The van der Waals surface area contributed by atoms with Crippen LogP contribution in [0.1, 0.15) is 6.92 Å². The Morgan fingerprint density at radius 2 is 1.32 bits per heavy atom. The summed E-state index contributed by atoms with van der Waals surface area (Å²) in [5.74, 6) is 1.06. The van der Waals surface area contributed by atoms with E-state index in [-0.39, 0.29) is 0 Å². The molecule has 2 rings (SSSR count). The molecule has 2 aromatic carbocycles. The predicted molar refractivity (Wildman–Crippen MR) is 88.9 cm³/mol. The summed E-state index contributed by atoms with van der Waals surface area (Å²) < 4.78 is 0. The van der Waals surface area contributed by atoms with Crippen molar-refractivity contribution in [1.29, 1.82) is 0 Å². The lowest BCUT2D eigenvalue weighted by Gasteiger charge is -2.11. The van der Waals surface area contributed by atoms with Crippen molar-refractivity contribution in [2.24, 2.45) is 0 Å². The topological polar surface area (TPSA) is 0 Å². The maximum atomic E-state index is 5.88. The van der Waals surface area contributed by atoms with Crippen LogP contribution in [0.3, 0.4) is 0 Å². The number of rotatable bonds is 5. The Hall–Kier alpha value is -0.280. The molecule has 0 radical (unpaired) electrons. The van der Waals surface area contributed by atoms with E-state index >= 15 is 0 Å². The molecule has 0 aliphatic carbocycles. The van der Waals surface area contributed by atoms with E-state index in [4.69, 9.17) is 23.2 Å². The van der Waals surface area contributed by atoms with Crippen LogP contribution in [-0.4, -0.2) is 11.0 Å². The summed E-state index contributed by atoms with van der Waals surface area (Å²) in [6.07, 6.45) is 0. The quantitative estimate of drug-likeness (QED) is 0.593. The predicted octanol–water partition coefficient (Wildman–Crippen LogP) is 6.27. The van der Waals surface area contributed by atoms with Gasteiger partial charge in [-0.05, 0) is 48.5 Å². The number of thioether (sulfide) groups is 2. The van der Waals surface area contributed by atoms with Crippen LogP contribution in [0.2, 0.25) is 10.0 Å². The van der Waals surface area contributed by atoms with E-state index < -0.39 is 0 Å². The fourth-order valence-corrected chi connectivity index (χ4v) is 3.77. The molecule has 0 spiro atoms. The molecule has 100 valence electrons. The SMILES string of the molecule is CC(CSc1ccc(Cl)cc1)Sc1ccc(Cl)cc1. The number of benzene rings is 2. The van der Waals surface area contributed by atoms with Crippen LogP contribution in [0.25, 0.3) is 0 Å². The first-order chi connectivity index (χ1) is 9.13. The van der Waals surface area contributed by atoms with Gasteiger partial charge in [-0.25, -0.2) is 0 Å². The van der Waals surface area contributed by atoms with Gasteiger partial charge in [0.25, 0.3) is 0 Å². The second kappa shape index (κ2) is 7.49. The Kier molecular flexibility index (Phi) is 5.96. The molecule has 0 aliphatic heterocycles. The molecule has 0 aromatic heterocycles. The van der Waals surface area contributed by atoms with Gasteiger partial charge in [0, 0.05) is 30.8 Å². The summed E-state index contributed by atoms with van der Waals surface area (Å²) in [7, 11) is 0. The Labute approximate surface area is 132 Å². The maximum absolute atomic E-state index is 5.88. The first-order valence-corrected chi connectivity index (χ1v) is 8.56. The second-order valence-corrected chi connectivity index (χ2v) is 7.63. The third-order valence-electron chi connectivity index (χ3n) is 2.45. The van der Waals surface area contributed by atoms with Gasteiger partial charge in [-0.1, -0.05) is 30.1 Å². The zero-order valence-electron chi connectivity index (χ0n) is 10.5. The third kappa shape index (κ3) is 5.31. The minimum Gasteiger partial charge on any atom is -0.125 e. The van der Waals surface area contributed by atoms with Gasteiger partial charge >= 0.3 is 0 Å². The molecule has 0 fully saturated rings. The van der Waals surface area contributed by atoms with E-state index in [2.05, 4.69) is 31.2 Å². The summed E-state index contributed by atoms with van der Waals surface area (Å²) in [5.41, 5.74) is 0. The van der Waals surface area contributed by atoms with E-state index in [1.54, 1.807) is 0 Å². The molecule has 19 heavy (non-hydrogen) atoms. The highest BCUT2D eigenvalue weighted by Gasteiger charge is 2.05. The largest absolute Gasteiger partial charge is 0.125 e. The fourth-order valence-electron chi connectivity index (χ4n) is 1.52. The van der Waals surface area contributed by atoms with E-state index in [9.17, 15) is 0 Å². The molecule has 0 amide bonds. The summed E-state index contributed by atoms with van der Waals surface area (Å²) in [6.45, 7) is 2.24. The second-order valence-electron chi connectivity index (χ2n) is 4.15. The number of hydrogen-bond donors (Lipinski definition) is 0. The lowest BCUT2D eigenvalue weighted by Crippen LogP contribution is -1.99. The zero-order valence-corrected chi connectivity index (χ0v) is 13.6. The molecule has 0 nitrogen and oxygen atoms in total. The van der Waals surface area contributed by atoms with E-state index in [1.807, 2.05) is 47.8 Å². The van der Waals surface area contributed by atoms with Crippen molar-refractivity contribution in [1.82, 2.24) is 0 Å². The van der Waals surface area contributed by atoms with Crippen molar-refractivity contribution < 1.29 is 0 Å². The Bertz CT molecular complexity index is 509. The van der Waals surface area contributed by atoms with Crippen LogP contribution in [0.5, 0.6) is 0 Å². The van der Waals surface area contributed by atoms with Crippen molar-refractivity contribution >= 4 is 46.7 Å². The lowest BCUT2D eigenvalue weighted by molar-refractivity contribution is 1.12. The standard InChI is InChI=1S/C15H14Cl2S2/c1-11(19-15-8-4-13(17)5-9-15)10-18-14-6-2-12(16)3-7-14/h2-9,11H,10H2,1H3. The van der Waals surface area contributed by atoms with E-state index in [0.717, 1.165) is 15.8 Å². The number of hydrogen-bond acceptors (Lipinski definition) is 2. The molecule has 0 saturated heterocycles. The average Bonchev–Trinajstić information content (AvgIpc) is 2.41. The minimum atomic E-state index is 0.543. The number of halogens is 2. The highest BCUT2D eigenvalue weighted by atomic mass is 35.5. The van der Waals surface area contributed by atoms with Crippen LogP contribution >= 0.6 is 46.7 Å².